The molecular formula is C18H15ClFN3O2. The Balaban J connectivity index is 1.88. The second-order valence-corrected chi connectivity index (χ2v) is 5.88. The minimum atomic E-state index is -0.690. The van der Waals surface area contributed by atoms with Gasteiger partial charge in [-0.25, -0.2) is 4.39 Å². The van der Waals surface area contributed by atoms with Crippen LogP contribution in [0, 0.1) is 12.7 Å². The normalized spacial score (nSPS) is 12.0. The van der Waals surface area contributed by atoms with E-state index in [-0.39, 0.29) is 16.5 Å². The largest absolute Gasteiger partial charge is 0.423 e. The maximum atomic E-state index is 14.0. The second-order valence-electron chi connectivity index (χ2n) is 5.47. The van der Waals surface area contributed by atoms with Gasteiger partial charge >= 0.3 is 0 Å². The van der Waals surface area contributed by atoms with Crippen molar-refractivity contribution < 1.29 is 13.6 Å². The van der Waals surface area contributed by atoms with Gasteiger partial charge in [-0.15, -0.1) is 10.2 Å². The lowest BCUT2D eigenvalue weighted by Crippen LogP contribution is -2.31. The van der Waals surface area contributed by atoms with Crippen molar-refractivity contribution in [3.05, 3.63) is 82.3 Å². The van der Waals surface area contributed by atoms with Crippen LogP contribution in [0.2, 0.25) is 5.02 Å². The molecule has 1 aromatic heterocycles. The molecule has 0 radical (unpaired) electrons. The topological polar surface area (TPSA) is 68.0 Å². The molecule has 2 aromatic carbocycles. The van der Waals surface area contributed by atoms with Crippen LogP contribution in [-0.4, -0.2) is 16.1 Å². The first-order valence-corrected chi connectivity index (χ1v) is 8.01. The standard InChI is InChI=1S/C18H15ClFN3O2/c1-11-22-23-18(25-11)15(10-12-6-3-2-4-7-12)21-17(24)16-13(19)8-5-9-14(16)20/h2-9,15H,10H2,1H3,(H,21,24). The summed E-state index contributed by atoms with van der Waals surface area (Å²) in [6.45, 7) is 1.66. The highest BCUT2D eigenvalue weighted by Crippen LogP contribution is 2.22. The molecule has 1 amide bonds. The first kappa shape index (κ1) is 17.1. The smallest absolute Gasteiger partial charge is 0.256 e. The number of hydrogen-bond donors (Lipinski definition) is 1. The highest BCUT2D eigenvalue weighted by atomic mass is 35.5. The van der Waals surface area contributed by atoms with Crippen LogP contribution in [0.5, 0.6) is 0 Å². The Kier molecular flexibility index (Phi) is 5.09. The highest BCUT2D eigenvalue weighted by molar-refractivity contribution is 6.33. The molecule has 7 heteroatoms. The summed E-state index contributed by atoms with van der Waals surface area (Å²) in [5.74, 6) is -0.696. The first-order chi connectivity index (χ1) is 12.0. The van der Waals surface area contributed by atoms with Crippen LogP contribution in [-0.2, 0) is 6.42 Å². The fraction of sp³-hybridized carbons (Fsp3) is 0.167. The lowest BCUT2D eigenvalue weighted by Gasteiger charge is -2.16. The number of nitrogens with one attached hydrogen (secondary N) is 1. The molecule has 0 saturated carbocycles. The van der Waals surface area contributed by atoms with Gasteiger partial charge in [-0.3, -0.25) is 4.79 Å². The van der Waals surface area contributed by atoms with Gasteiger partial charge in [0.1, 0.15) is 11.9 Å². The summed E-state index contributed by atoms with van der Waals surface area (Å²) in [6.07, 6.45) is 0.417. The number of aromatic nitrogens is 2. The van der Waals surface area contributed by atoms with Crippen LogP contribution in [0.25, 0.3) is 0 Å². The molecule has 1 atom stereocenters. The van der Waals surface area contributed by atoms with Gasteiger partial charge in [0.25, 0.3) is 5.91 Å². The summed E-state index contributed by atoms with van der Waals surface area (Å²) >= 11 is 5.97. The molecule has 128 valence electrons. The molecule has 25 heavy (non-hydrogen) atoms. The van der Waals surface area contributed by atoms with Gasteiger partial charge in [-0.05, 0) is 17.7 Å². The Hall–Kier alpha value is -2.73. The van der Waals surface area contributed by atoms with Gasteiger partial charge in [0.05, 0.1) is 10.6 Å². The van der Waals surface area contributed by atoms with E-state index in [2.05, 4.69) is 15.5 Å². The third-order valence-electron chi connectivity index (χ3n) is 3.62. The second kappa shape index (κ2) is 7.44. The van der Waals surface area contributed by atoms with E-state index >= 15 is 0 Å². The summed E-state index contributed by atoms with van der Waals surface area (Å²) < 4.78 is 19.4. The maximum absolute atomic E-state index is 14.0. The van der Waals surface area contributed by atoms with E-state index < -0.39 is 17.8 Å². The Labute approximate surface area is 148 Å². The fourth-order valence-electron chi connectivity index (χ4n) is 2.45. The predicted molar refractivity (Wildman–Crippen MR) is 90.8 cm³/mol. The number of carbonyl (C=O) groups is 1. The van der Waals surface area contributed by atoms with Crippen LogP contribution in [0.3, 0.4) is 0 Å². The van der Waals surface area contributed by atoms with E-state index in [0.29, 0.717) is 12.3 Å². The van der Waals surface area contributed by atoms with E-state index in [9.17, 15) is 9.18 Å². The zero-order chi connectivity index (χ0) is 17.8. The Bertz CT molecular complexity index is 863. The lowest BCUT2D eigenvalue weighted by atomic mass is 10.1. The summed E-state index contributed by atoms with van der Waals surface area (Å²) in [5.41, 5.74) is 0.752. The molecule has 0 aliphatic carbocycles. The zero-order valence-corrected chi connectivity index (χ0v) is 14.1. The number of nitrogens with zero attached hydrogens (tertiary/aromatic N) is 2. The highest BCUT2D eigenvalue weighted by Gasteiger charge is 2.24. The Morgan fingerprint density at radius 1 is 1.20 bits per heavy atom. The van der Waals surface area contributed by atoms with E-state index in [1.807, 2.05) is 30.3 Å². The molecule has 1 unspecified atom stereocenters. The molecule has 0 spiro atoms. The van der Waals surface area contributed by atoms with Crippen LogP contribution in [0.4, 0.5) is 4.39 Å². The number of halogens is 2. The third kappa shape index (κ3) is 4.03. The van der Waals surface area contributed by atoms with E-state index in [1.165, 1.54) is 18.2 Å². The van der Waals surface area contributed by atoms with E-state index in [0.717, 1.165) is 5.56 Å². The van der Waals surface area contributed by atoms with Gasteiger partial charge in [-0.1, -0.05) is 48.0 Å². The molecule has 0 bridgehead atoms. The average molecular weight is 360 g/mol. The van der Waals surface area contributed by atoms with Gasteiger partial charge in [-0.2, -0.15) is 0 Å². The third-order valence-corrected chi connectivity index (χ3v) is 3.93. The Morgan fingerprint density at radius 2 is 1.96 bits per heavy atom. The van der Waals surface area contributed by atoms with Crippen molar-refractivity contribution in [3.8, 4) is 0 Å². The first-order valence-electron chi connectivity index (χ1n) is 7.63. The number of aryl methyl sites for hydroxylation is 1. The summed E-state index contributed by atoms with van der Waals surface area (Å²) in [6, 6.07) is 13.0. The number of rotatable bonds is 5. The monoisotopic (exact) mass is 359 g/mol. The summed E-state index contributed by atoms with van der Waals surface area (Å²) in [7, 11) is 0. The molecule has 1 N–H and O–H groups in total. The fourth-order valence-corrected chi connectivity index (χ4v) is 2.70. The van der Waals surface area contributed by atoms with Gasteiger partial charge in [0, 0.05) is 13.3 Å². The van der Waals surface area contributed by atoms with Crippen molar-refractivity contribution in [2.75, 3.05) is 0 Å². The molecule has 0 aliphatic heterocycles. The van der Waals surface area contributed by atoms with Crippen molar-refractivity contribution in [1.29, 1.82) is 0 Å². The summed E-state index contributed by atoms with van der Waals surface area (Å²) in [5, 5.41) is 10.5. The zero-order valence-electron chi connectivity index (χ0n) is 13.4. The maximum Gasteiger partial charge on any atom is 0.256 e. The molecule has 1 heterocycles. The molecule has 5 nitrogen and oxygen atoms in total. The quantitative estimate of drug-likeness (QED) is 0.750. The minimum absolute atomic E-state index is 0.0395. The van der Waals surface area contributed by atoms with Gasteiger partial charge < -0.3 is 9.73 Å². The molecule has 0 fully saturated rings. The molecule has 3 aromatic rings. The van der Waals surface area contributed by atoms with Gasteiger partial charge in [0.15, 0.2) is 0 Å². The number of carbonyl (C=O) groups excluding carboxylic acids is 1. The molecule has 0 saturated heterocycles. The minimum Gasteiger partial charge on any atom is -0.423 e. The van der Waals surface area contributed by atoms with E-state index in [1.54, 1.807) is 6.92 Å². The van der Waals surface area contributed by atoms with Crippen LogP contribution < -0.4 is 5.32 Å². The van der Waals surface area contributed by atoms with Crippen LogP contribution >= 0.6 is 11.6 Å². The predicted octanol–water partition coefficient (Wildman–Crippen LogP) is 3.88. The van der Waals surface area contributed by atoms with Gasteiger partial charge in [0.2, 0.25) is 11.8 Å². The van der Waals surface area contributed by atoms with Crippen molar-refractivity contribution in [2.45, 2.75) is 19.4 Å². The Morgan fingerprint density at radius 3 is 2.60 bits per heavy atom. The van der Waals surface area contributed by atoms with Crippen molar-refractivity contribution in [1.82, 2.24) is 15.5 Å². The number of hydrogen-bond acceptors (Lipinski definition) is 4. The molecule has 3 rings (SSSR count). The van der Waals surface area contributed by atoms with E-state index in [4.69, 9.17) is 16.0 Å². The summed E-state index contributed by atoms with van der Waals surface area (Å²) in [4.78, 5) is 12.5. The number of benzene rings is 2. The average Bonchev–Trinajstić information content (AvgIpc) is 3.01. The lowest BCUT2D eigenvalue weighted by molar-refractivity contribution is 0.0926. The SMILES string of the molecule is Cc1nnc(C(Cc2ccccc2)NC(=O)c2c(F)cccc2Cl)o1. The van der Waals surface area contributed by atoms with Crippen molar-refractivity contribution in [2.24, 2.45) is 0 Å². The van der Waals surface area contributed by atoms with Crippen LogP contribution in [0.1, 0.15) is 33.7 Å². The number of amides is 1. The van der Waals surface area contributed by atoms with Crippen LogP contribution in [0.15, 0.2) is 52.9 Å². The van der Waals surface area contributed by atoms with Crippen molar-refractivity contribution in [3.63, 3.8) is 0 Å². The molecular weight excluding hydrogens is 345 g/mol. The van der Waals surface area contributed by atoms with Crippen molar-refractivity contribution >= 4 is 17.5 Å². The molecule has 0 aliphatic rings.